The lowest BCUT2D eigenvalue weighted by atomic mass is 9.43. The molecule has 6 rings (SSSR count). The summed E-state index contributed by atoms with van der Waals surface area (Å²) >= 11 is 0. The highest BCUT2D eigenvalue weighted by Gasteiger charge is 2.60. The standard InChI is InChI=1S/C26H36N4O3/c1-24-10-17-11-25(2,14-24)16-26(12-17,15-24)29-23(33)28-20-7-5-18(6-8-20)22(32)30-9-3-4-19(13-30)21(27)31/h5-8,17,19H,3-4,9-16H2,1-2H3,(H2,27,31)(H2,28,29,33)/t17?,19-,24-,25+,26?/m1/s1. The number of amides is 4. The van der Waals surface area contributed by atoms with Gasteiger partial charge in [-0.2, -0.15) is 0 Å². The van der Waals surface area contributed by atoms with Crippen molar-refractivity contribution in [2.75, 3.05) is 18.4 Å². The number of carbonyl (C=O) groups is 3. The Kier molecular flexibility index (Phi) is 5.22. The molecule has 7 nitrogen and oxygen atoms in total. The van der Waals surface area contributed by atoms with Crippen molar-refractivity contribution in [2.24, 2.45) is 28.4 Å². The number of primary amides is 1. The number of nitrogens with one attached hydrogen (secondary N) is 2. The Bertz CT molecular complexity index is 956. The molecular formula is C26H36N4O3. The van der Waals surface area contributed by atoms with Gasteiger partial charge in [-0.25, -0.2) is 4.79 Å². The first kappa shape index (κ1) is 22.2. The van der Waals surface area contributed by atoms with Crippen LogP contribution in [-0.4, -0.2) is 41.4 Å². The molecule has 4 bridgehead atoms. The summed E-state index contributed by atoms with van der Waals surface area (Å²) in [6.07, 6.45) is 8.58. The Balaban J connectivity index is 1.21. The summed E-state index contributed by atoms with van der Waals surface area (Å²) in [5.74, 6) is -0.0145. The van der Waals surface area contributed by atoms with Gasteiger partial charge in [-0.15, -0.1) is 0 Å². The number of nitrogens with zero attached hydrogens (tertiary/aromatic N) is 1. The van der Waals surface area contributed by atoms with Crippen molar-refractivity contribution in [1.29, 1.82) is 0 Å². The predicted molar refractivity (Wildman–Crippen MR) is 127 cm³/mol. The molecule has 33 heavy (non-hydrogen) atoms. The number of piperidine rings is 1. The lowest BCUT2D eigenvalue weighted by Crippen LogP contribution is -2.65. The Morgan fingerprint density at radius 2 is 1.67 bits per heavy atom. The Morgan fingerprint density at radius 1 is 1.00 bits per heavy atom. The van der Waals surface area contributed by atoms with Crippen molar-refractivity contribution in [3.8, 4) is 0 Å². The van der Waals surface area contributed by atoms with Crippen molar-refractivity contribution >= 4 is 23.5 Å². The fraction of sp³-hybridized carbons (Fsp3) is 0.654. The van der Waals surface area contributed by atoms with E-state index in [9.17, 15) is 14.4 Å². The quantitative estimate of drug-likeness (QED) is 0.645. The summed E-state index contributed by atoms with van der Waals surface area (Å²) in [4.78, 5) is 39.0. The zero-order chi connectivity index (χ0) is 23.4. The Morgan fingerprint density at radius 3 is 2.27 bits per heavy atom. The second-order valence-corrected chi connectivity index (χ2v) is 12.1. The molecule has 0 spiro atoms. The molecule has 1 aliphatic heterocycles. The van der Waals surface area contributed by atoms with Crippen LogP contribution in [0.5, 0.6) is 0 Å². The second-order valence-electron chi connectivity index (χ2n) is 12.1. The number of likely N-dealkylation sites (tertiary alicyclic amines) is 1. The molecule has 7 heteroatoms. The van der Waals surface area contributed by atoms with Crippen LogP contribution in [0.25, 0.3) is 0 Å². The van der Waals surface area contributed by atoms with E-state index in [1.54, 1.807) is 29.2 Å². The average molecular weight is 453 g/mol. The van der Waals surface area contributed by atoms with Crippen LogP contribution >= 0.6 is 0 Å². The highest BCUT2D eigenvalue weighted by Crippen LogP contribution is 2.66. The fourth-order valence-electron chi connectivity index (χ4n) is 8.26. The molecule has 5 fully saturated rings. The Labute approximate surface area is 195 Å². The lowest BCUT2D eigenvalue weighted by Gasteiger charge is -2.65. The molecule has 5 aliphatic rings. The first-order chi connectivity index (χ1) is 15.6. The van der Waals surface area contributed by atoms with Gasteiger partial charge in [0.05, 0.1) is 5.92 Å². The van der Waals surface area contributed by atoms with Crippen LogP contribution in [0.1, 0.15) is 75.6 Å². The molecule has 5 atom stereocenters. The highest BCUT2D eigenvalue weighted by molar-refractivity contribution is 5.96. The minimum Gasteiger partial charge on any atom is -0.369 e. The third-order valence-corrected chi connectivity index (χ3v) is 8.51. The van der Waals surface area contributed by atoms with Crippen molar-refractivity contribution in [2.45, 2.75) is 70.8 Å². The molecule has 4 N–H and O–H groups in total. The molecule has 1 heterocycles. The summed E-state index contributed by atoms with van der Waals surface area (Å²) in [7, 11) is 0. The van der Waals surface area contributed by atoms with Crippen molar-refractivity contribution in [1.82, 2.24) is 10.2 Å². The van der Waals surface area contributed by atoms with Gasteiger partial charge in [0, 0.05) is 29.9 Å². The van der Waals surface area contributed by atoms with E-state index in [1.807, 2.05) is 0 Å². The number of urea groups is 1. The third-order valence-electron chi connectivity index (χ3n) is 8.51. The monoisotopic (exact) mass is 452 g/mol. The van der Waals surface area contributed by atoms with Crippen LogP contribution < -0.4 is 16.4 Å². The van der Waals surface area contributed by atoms with Gasteiger partial charge in [0.2, 0.25) is 5.91 Å². The van der Waals surface area contributed by atoms with Crippen LogP contribution in [0.4, 0.5) is 10.5 Å². The zero-order valence-corrected chi connectivity index (χ0v) is 19.8. The normalized spacial score (nSPS) is 37.0. The summed E-state index contributed by atoms with van der Waals surface area (Å²) in [5, 5.41) is 6.33. The van der Waals surface area contributed by atoms with E-state index >= 15 is 0 Å². The summed E-state index contributed by atoms with van der Waals surface area (Å²) < 4.78 is 0. The maximum absolute atomic E-state index is 12.9. The third kappa shape index (κ3) is 4.34. The van der Waals surface area contributed by atoms with Crippen LogP contribution in [-0.2, 0) is 4.79 Å². The molecular weight excluding hydrogens is 416 g/mol. The number of rotatable bonds is 4. The van der Waals surface area contributed by atoms with Crippen LogP contribution in [0.3, 0.4) is 0 Å². The maximum Gasteiger partial charge on any atom is 0.319 e. The minimum absolute atomic E-state index is 0.103. The minimum atomic E-state index is -0.347. The number of nitrogens with two attached hydrogens (primary N) is 1. The smallest absolute Gasteiger partial charge is 0.319 e. The number of benzene rings is 1. The maximum atomic E-state index is 12.9. The molecule has 1 saturated heterocycles. The van der Waals surface area contributed by atoms with Gasteiger partial charge in [0.15, 0.2) is 0 Å². The molecule has 0 radical (unpaired) electrons. The Hall–Kier alpha value is -2.57. The number of carbonyl (C=O) groups excluding carboxylic acids is 3. The lowest BCUT2D eigenvalue weighted by molar-refractivity contribution is -0.123. The van der Waals surface area contributed by atoms with Crippen LogP contribution in [0.15, 0.2) is 24.3 Å². The summed E-state index contributed by atoms with van der Waals surface area (Å²) in [6.45, 7) is 5.80. The average Bonchev–Trinajstić information content (AvgIpc) is 2.70. The molecule has 1 aromatic rings. The molecule has 4 aliphatic carbocycles. The van der Waals surface area contributed by atoms with Crippen LogP contribution in [0.2, 0.25) is 0 Å². The molecule has 178 valence electrons. The van der Waals surface area contributed by atoms with Gasteiger partial charge in [-0.05, 0) is 92.4 Å². The molecule has 2 unspecified atom stereocenters. The fourth-order valence-corrected chi connectivity index (χ4v) is 8.26. The molecule has 0 aromatic heterocycles. The topological polar surface area (TPSA) is 105 Å². The number of hydrogen-bond acceptors (Lipinski definition) is 3. The SMILES string of the molecule is C[C@]12CC3CC(NC(=O)Nc4ccc(C(=O)N5CCC[C@@H](C(N)=O)C5)cc4)(C1)C[C@@](C)(C3)C2. The van der Waals surface area contributed by atoms with Gasteiger partial charge in [0.1, 0.15) is 0 Å². The van der Waals surface area contributed by atoms with Crippen molar-refractivity contribution < 1.29 is 14.4 Å². The molecule has 4 amide bonds. The van der Waals surface area contributed by atoms with E-state index in [-0.39, 0.29) is 29.3 Å². The molecule has 4 saturated carbocycles. The van der Waals surface area contributed by atoms with Crippen molar-refractivity contribution in [3.05, 3.63) is 29.8 Å². The zero-order valence-electron chi connectivity index (χ0n) is 19.8. The first-order valence-electron chi connectivity index (χ1n) is 12.3. The summed E-state index contributed by atoms with van der Waals surface area (Å²) in [5.41, 5.74) is 7.22. The van der Waals surface area contributed by atoms with E-state index in [0.717, 1.165) is 32.1 Å². The van der Waals surface area contributed by atoms with E-state index < -0.39 is 0 Å². The van der Waals surface area contributed by atoms with E-state index in [1.165, 1.54) is 19.3 Å². The number of hydrogen-bond donors (Lipinski definition) is 3. The van der Waals surface area contributed by atoms with Gasteiger partial charge < -0.3 is 21.3 Å². The van der Waals surface area contributed by atoms with Gasteiger partial charge in [0.25, 0.3) is 5.91 Å². The largest absolute Gasteiger partial charge is 0.369 e. The summed E-state index contributed by atoms with van der Waals surface area (Å²) in [6, 6.07) is 6.84. The van der Waals surface area contributed by atoms with Gasteiger partial charge in [-0.1, -0.05) is 13.8 Å². The van der Waals surface area contributed by atoms with E-state index in [0.29, 0.717) is 41.1 Å². The predicted octanol–water partition coefficient (Wildman–Crippen LogP) is 3.89. The number of anilines is 1. The molecule has 1 aromatic carbocycles. The van der Waals surface area contributed by atoms with Gasteiger partial charge >= 0.3 is 6.03 Å². The van der Waals surface area contributed by atoms with E-state index in [4.69, 9.17) is 5.73 Å². The highest BCUT2D eigenvalue weighted by atomic mass is 16.2. The second kappa shape index (κ2) is 7.74. The van der Waals surface area contributed by atoms with E-state index in [2.05, 4.69) is 24.5 Å². The van der Waals surface area contributed by atoms with Crippen LogP contribution in [0, 0.1) is 22.7 Å². The van der Waals surface area contributed by atoms with Crippen molar-refractivity contribution in [3.63, 3.8) is 0 Å². The van der Waals surface area contributed by atoms with Gasteiger partial charge in [-0.3, -0.25) is 9.59 Å². The first-order valence-corrected chi connectivity index (χ1v) is 12.3.